The second-order valence-electron chi connectivity index (χ2n) is 7.49. The first-order valence-corrected chi connectivity index (χ1v) is 15.8. The molecule has 12 heteroatoms. The van der Waals surface area contributed by atoms with E-state index in [4.69, 9.17) is 17.8 Å². The first-order chi connectivity index (χ1) is 15.6. The Hall–Kier alpha value is -0.360. The lowest BCUT2D eigenvalue weighted by molar-refractivity contribution is -0.0912. The summed E-state index contributed by atoms with van der Waals surface area (Å²) in [6.07, 6.45) is -4.07. The van der Waals surface area contributed by atoms with Gasteiger partial charge in [0, 0.05) is 8.86 Å². The van der Waals surface area contributed by atoms with Crippen molar-refractivity contribution in [2.45, 2.75) is 48.1 Å². The quantitative estimate of drug-likeness (QED) is 0.231. The van der Waals surface area contributed by atoms with E-state index < -0.39 is 44.7 Å². The van der Waals surface area contributed by atoms with E-state index in [1.54, 1.807) is 24.3 Å². The molecule has 1 saturated heterocycles. The summed E-state index contributed by atoms with van der Waals surface area (Å²) in [7, 11) is -8.48. The monoisotopic (exact) mass is 722 g/mol. The van der Waals surface area contributed by atoms with E-state index in [1.807, 2.05) is 59.0 Å². The van der Waals surface area contributed by atoms with Gasteiger partial charge in [-0.15, -0.1) is 0 Å². The molecule has 8 nitrogen and oxygen atoms in total. The Balaban J connectivity index is 1.99. The van der Waals surface area contributed by atoms with Crippen LogP contribution in [0.3, 0.4) is 0 Å². The molecule has 1 aliphatic heterocycles. The zero-order valence-electron chi connectivity index (χ0n) is 17.9. The summed E-state index contributed by atoms with van der Waals surface area (Å²) in [5.41, 5.74) is 1.78. The van der Waals surface area contributed by atoms with Gasteiger partial charge in [0.1, 0.15) is 19.0 Å². The molecule has 0 saturated carbocycles. The van der Waals surface area contributed by atoms with Crippen molar-refractivity contribution in [3.63, 3.8) is 0 Å². The highest BCUT2D eigenvalue weighted by molar-refractivity contribution is 14.1. The Kier molecular flexibility index (Phi) is 9.56. The number of benzene rings is 2. The SMILES string of the molecule is Cc1ccc(S(=O)(=O)O[C@@H]2[C@H](OS(=O)(=O)c3ccc(C)cc3)[C@@H](CI)OCO[C@@H]2CI)cc1. The second kappa shape index (κ2) is 11.6. The van der Waals surface area contributed by atoms with E-state index in [1.165, 1.54) is 24.3 Å². The molecule has 0 aromatic heterocycles. The van der Waals surface area contributed by atoms with Gasteiger partial charge in [-0.2, -0.15) is 16.8 Å². The number of hydrogen-bond donors (Lipinski definition) is 0. The van der Waals surface area contributed by atoms with Gasteiger partial charge < -0.3 is 9.47 Å². The molecule has 0 unspecified atom stereocenters. The summed E-state index contributed by atoms with van der Waals surface area (Å²) in [5, 5.41) is 0. The van der Waals surface area contributed by atoms with Crippen molar-refractivity contribution in [3.8, 4) is 0 Å². The molecule has 4 atom stereocenters. The molecular formula is C21H24I2O8S2. The van der Waals surface area contributed by atoms with E-state index in [2.05, 4.69) is 0 Å². The summed E-state index contributed by atoms with van der Waals surface area (Å²) >= 11 is 4.06. The zero-order chi connectivity index (χ0) is 24.2. The van der Waals surface area contributed by atoms with Crippen LogP contribution in [-0.2, 0) is 38.1 Å². The van der Waals surface area contributed by atoms with Crippen LogP contribution in [0.5, 0.6) is 0 Å². The summed E-state index contributed by atoms with van der Waals surface area (Å²) in [4.78, 5) is -0.0896. The third kappa shape index (κ3) is 6.86. The number of ether oxygens (including phenoxy) is 2. The highest BCUT2D eigenvalue weighted by Crippen LogP contribution is 2.30. The molecule has 182 valence electrons. The molecule has 1 aliphatic rings. The third-order valence-corrected chi connectivity index (χ3v) is 9.41. The first kappa shape index (κ1) is 27.2. The fourth-order valence-corrected chi connectivity index (χ4v) is 6.86. The average molecular weight is 722 g/mol. The van der Waals surface area contributed by atoms with Crippen LogP contribution in [0.1, 0.15) is 11.1 Å². The van der Waals surface area contributed by atoms with Crippen molar-refractivity contribution in [3.05, 3.63) is 59.7 Å². The summed E-state index contributed by atoms with van der Waals surface area (Å²) in [6.45, 7) is 3.53. The van der Waals surface area contributed by atoms with Crippen LogP contribution in [0, 0.1) is 13.8 Å². The molecule has 0 N–H and O–H groups in total. The molecule has 2 aromatic rings. The van der Waals surface area contributed by atoms with Crippen LogP contribution in [0.2, 0.25) is 0 Å². The number of aryl methyl sites for hydroxylation is 2. The van der Waals surface area contributed by atoms with Gasteiger partial charge in [0.15, 0.2) is 0 Å². The molecule has 0 bridgehead atoms. The van der Waals surface area contributed by atoms with Gasteiger partial charge in [-0.1, -0.05) is 80.6 Å². The van der Waals surface area contributed by atoms with Gasteiger partial charge in [0.05, 0.1) is 22.0 Å². The van der Waals surface area contributed by atoms with Crippen LogP contribution >= 0.6 is 45.2 Å². The van der Waals surface area contributed by atoms with E-state index in [9.17, 15) is 16.8 Å². The van der Waals surface area contributed by atoms with Crippen LogP contribution in [0.4, 0.5) is 0 Å². The van der Waals surface area contributed by atoms with Crippen molar-refractivity contribution >= 4 is 65.4 Å². The third-order valence-electron chi connectivity index (χ3n) is 5.02. The predicted molar refractivity (Wildman–Crippen MR) is 139 cm³/mol. The van der Waals surface area contributed by atoms with E-state index in [0.717, 1.165) is 11.1 Å². The van der Waals surface area contributed by atoms with Gasteiger partial charge in [-0.3, -0.25) is 8.37 Å². The predicted octanol–water partition coefficient (Wildman–Crippen LogP) is 3.76. The smallest absolute Gasteiger partial charge is 0.297 e. The average Bonchev–Trinajstić information content (AvgIpc) is 2.92. The number of halogens is 2. The summed E-state index contributed by atoms with van der Waals surface area (Å²) in [5.74, 6) is 0. The maximum Gasteiger partial charge on any atom is 0.297 e. The molecule has 0 spiro atoms. The van der Waals surface area contributed by atoms with Gasteiger partial charge in [-0.05, 0) is 38.1 Å². The Morgan fingerprint density at radius 1 is 0.727 bits per heavy atom. The Labute approximate surface area is 221 Å². The van der Waals surface area contributed by atoms with E-state index in [-0.39, 0.29) is 16.6 Å². The minimum Gasteiger partial charge on any atom is -0.349 e. The lowest BCUT2D eigenvalue weighted by Crippen LogP contribution is -2.49. The normalized spacial score (nSPS) is 24.4. The number of rotatable bonds is 8. The molecule has 0 radical (unpaired) electrons. The van der Waals surface area contributed by atoms with Crippen molar-refractivity contribution < 1.29 is 34.7 Å². The fourth-order valence-electron chi connectivity index (χ4n) is 3.14. The van der Waals surface area contributed by atoms with E-state index in [0.29, 0.717) is 8.86 Å². The van der Waals surface area contributed by atoms with Crippen LogP contribution in [0.15, 0.2) is 58.3 Å². The second-order valence-corrected chi connectivity index (χ2v) is 12.4. The highest BCUT2D eigenvalue weighted by atomic mass is 127. The minimum absolute atomic E-state index is 0.0448. The lowest BCUT2D eigenvalue weighted by atomic mass is 10.1. The zero-order valence-corrected chi connectivity index (χ0v) is 23.8. The largest absolute Gasteiger partial charge is 0.349 e. The van der Waals surface area contributed by atoms with Gasteiger partial charge in [-0.25, -0.2) is 0 Å². The molecule has 33 heavy (non-hydrogen) atoms. The maximum atomic E-state index is 13.1. The molecular weight excluding hydrogens is 698 g/mol. The Bertz CT molecular complexity index is 1040. The van der Waals surface area contributed by atoms with Crippen LogP contribution in [-0.4, -0.2) is 56.9 Å². The van der Waals surface area contributed by atoms with Gasteiger partial charge >= 0.3 is 0 Å². The molecule has 1 fully saturated rings. The molecule has 2 aromatic carbocycles. The first-order valence-electron chi connectivity index (χ1n) is 9.92. The molecule has 3 rings (SSSR count). The summed E-state index contributed by atoms with van der Waals surface area (Å²) < 4.78 is 75.5. The molecule has 0 amide bonds. The topological polar surface area (TPSA) is 105 Å². The Morgan fingerprint density at radius 2 is 1.06 bits per heavy atom. The standard InChI is InChI=1S/C21H24I2O8S2/c1-14-3-7-16(8-4-14)32(24,25)30-20-18(11-22)28-13-29-19(12-23)21(20)31-33(26,27)17-9-5-15(2)6-10-17/h3-10,18-21H,11-13H2,1-2H3/t18-,19-,20-,21+/m1/s1. The fraction of sp³-hybridized carbons (Fsp3) is 0.429. The Morgan fingerprint density at radius 3 is 1.36 bits per heavy atom. The molecule has 1 heterocycles. The van der Waals surface area contributed by atoms with E-state index >= 15 is 0 Å². The van der Waals surface area contributed by atoms with Gasteiger partial charge in [0.25, 0.3) is 20.2 Å². The van der Waals surface area contributed by atoms with Gasteiger partial charge in [0.2, 0.25) is 0 Å². The minimum atomic E-state index is -4.24. The van der Waals surface area contributed by atoms with Crippen molar-refractivity contribution in [2.75, 3.05) is 15.6 Å². The number of alkyl halides is 2. The van der Waals surface area contributed by atoms with Crippen LogP contribution in [0.25, 0.3) is 0 Å². The summed E-state index contributed by atoms with van der Waals surface area (Å²) in [6, 6.07) is 12.4. The lowest BCUT2D eigenvalue weighted by Gasteiger charge is -2.31. The molecule has 0 aliphatic carbocycles. The van der Waals surface area contributed by atoms with Crippen molar-refractivity contribution in [2.24, 2.45) is 0 Å². The van der Waals surface area contributed by atoms with Crippen molar-refractivity contribution in [1.29, 1.82) is 0 Å². The maximum absolute atomic E-state index is 13.1. The van der Waals surface area contributed by atoms with Crippen molar-refractivity contribution in [1.82, 2.24) is 0 Å². The highest BCUT2D eigenvalue weighted by Gasteiger charge is 2.45. The van der Waals surface area contributed by atoms with Crippen LogP contribution < -0.4 is 0 Å². The number of hydrogen-bond acceptors (Lipinski definition) is 8.